The molecule has 0 aromatic carbocycles. The molecule has 0 unspecified atom stereocenters. The van der Waals surface area contributed by atoms with E-state index >= 15 is 0 Å². The summed E-state index contributed by atoms with van der Waals surface area (Å²) in [6.07, 6.45) is -0.863. The molecular formula is C14H19N5O4S. The number of anilines is 1. The van der Waals surface area contributed by atoms with Crippen LogP contribution in [0.5, 0.6) is 0 Å². The van der Waals surface area contributed by atoms with E-state index in [1.54, 1.807) is 9.93 Å². The quantitative estimate of drug-likeness (QED) is 0.393. The number of hydrogen-bond donors (Lipinski definition) is 4. The number of aromatic nitrogens is 4. The summed E-state index contributed by atoms with van der Waals surface area (Å²) in [5.74, 6) is 0.825. The minimum absolute atomic E-state index is 0.224. The monoisotopic (exact) mass is 353 g/mol. The van der Waals surface area contributed by atoms with E-state index in [1.807, 2.05) is 0 Å². The molecule has 1 saturated heterocycles. The van der Waals surface area contributed by atoms with Gasteiger partial charge in [0.1, 0.15) is 30.5 Å². The summed E-state index contributed by atoms with van der Waals surface area (Å²) in [6.45, 7) is -0.404. The van der Waals surface area contributed by atoms with Crippen LogP contribution >= 0.6 is 12.2 Å². The van der Waals surface area contributed by atoms with Gasteiger partial charge >= 0.3 is 0 Å². The maximum absolute atomic E-state index is 10.3. The first-order valence-corrected chi connectivity index (χ1v) is 8.09. The van der Waals surface area contributed by atoms with Gasteiger partial charge in [0.25, 0.3) is 0 Å². The van der Waals surface area contributed by atoms with Crippen molar-refractivity contribution < 1.29 is 20.1 Å². The van der Waals surface area contributed by atoms with E-state index in [4.69, 9.17) is 22.7 Å². The summed E-state index contributed by atoms with van der Waals surface area (Å²) in [6, 6.07) is 0. The van der Waals surface area contributed by atoms with Crippen molar-refractivity contribution in [3.05, 3.63) is 12.2 Å². The largest absolute Gasteiger partial charge is 0.394 e. The topological polar surface area (TPSA) is 140 Å². The van der Waals surface area contributed by atoms with Crippen molar-refractivity contribution in [2.45, 2.75) is 43.8 Å². The molecule has 24 heavy (non-hydrogen) atoms. The minimum atomic E-state index is -1.22. The van der Waals surface area contributed by atoms with Crippen LogP contribution < -0.4 is 5.73 Å². The highest BCUT2D eigenvalue weighted by Crippen LogP contribution is 2.33. The minimum Gasteiger partial charge on any atom is -0.394 e. The summed E-state index contributed by atoms with van der Waals surface area (Å²) >= 11 is 4.84. The average Bonchev–Trinajstić information content (AvgIpc) is 3.07. The number of thiocarbonyl (C=S) groups is 1. The molecule has 2 aromatic rings. The molecule has 2 aromatic heterocycles. The zero-order valence-corrected chi connectivity index (χ0v) is 13.6. The molecular weight excluding hydrogens is 334 g/mol. The Labute approximate surface area is 143 Å². The van der Waals surface area contributed by atoms with Gasteiger partial charge in [0.05, 0.1) is 6.61 Å². The van der Waals surface area contributed by atoms with Gasteiger partial charge in [-0.25, -0.2) is 15.0 Å². The lowest BCUT2D eigenvalue weighted by Gasteiger charge is -2.19. The van der Waals surface area contributed by atoms with Crippen LogP contribution in [0, 0.1) is 0 Å². The van der Waals surface area contributed by atoms with E-state index in [9.17, 15) is 15.3 Å². The summed E-state index contributed by atoms with van der Waals surface area (Å²) < 4.78 is 7.23. The van der Waals surface area contributed by atoms with Crippen molar-refractivity contribution >= 4 is 34.6 Å². The average molecular weight is 353 g/mol. The SMILES string of the molecule is Nc1ncnc2c1nc(CCCC=S)n2[C@@H]1O[C@H](CO)[C@@H](O)[C@H]1O. The molecule has 130 valence electrons. The standard InChI is InChI=1S/C14H19N5O4S/c15-12-9-13(17-6-16-12)19(8(18-9)3-1-2-4-24)14-11(22)10(21)7(5-20)23-14/h4,6-7,10-11,14,20-22H,1-3,5H2,(H2,15,16,17)/t7-,10-,11-,14-/m1/s1. The Bertz CT molecular complexity index is 739. The third-order valence-corrected chi connectivity index (χ3v) is 4.31. The van der Waals surface area contributed by atoms with Crippen molar-refractivity contribution in [3.63, 3.8) is 0 Å². The fraction of sp³-hybridized carbons (Fsp3) is 0.571. The molecule has 1 fully saturated rings. The number of rotatable bonds is 6. The molecule has 3 rings (SSSR count). The Kier molecular flexibility index (Phi) is 5.01. The summed E-state index contributed by atoms with van der Waals surface area (Å²) in [7, 11) is 0. The summed E-state index contributed by atoms with van der Waals surface area (Å²) in [5, 5.41) is 31.3. The summed E-state index contributed by atoms with van der Waals surface area (Å²) in [4.78, 5) is 12.6. The van der Waals surface area contributed by atoms with E-state index in [1.165, 1.54) is 6.33 Å². The van der Waals surface area contributed by atoms with E-state index in [2.05, 4.69) is 15.0 Å². The van der Waals surface area contributed by atoms with Gasteiger partial charge in [0.2, 0.25) is 0 Å². The molecule has 10 heteroatoms. The van der Waals surface area contributed by atoms with Crippen LogP contribution in [-0.4, -0.2) is 65.1 Å². The number of unbranched alkanes of at least 4 members (excludes halogenated alkanes) is 1. The Morgan fingerprint density at radius 2 is 2.12 bits per heavy atom. The van der Waals surface area contributed by atoms with E-state index < -0.39 is 31.1 Å². The lowest BCUT2D eigenvalue weighted by molar-refractivity contribution is -0.0522. The van der Waals surface area contributed by atoms with Crippen LogP contribution in [0.2, 0.25) is 0 Å². The smallest absolute Gasteiger partial charge is 0.167 e. The zero-order valence-electron chi connectivity index (χ0n) is 12.8. The number of ether oxygens (including phenoxy) is 1. The molecule has 3 heterocycles. The Hall–Kier alpha value is -1.72. The molecule has 0 radical (unpaired) electrons. The maximum atomic E-state index is 10.3. The lowest BCUT2D eigenvalue weighted by atomic mass is 10.1. The van der Waals surface area contributed by atoms with Crippen molar-refractivity contribution in [3.8, 4) is 0 Å². The molecule has 9 nitrogen and oxygen atoms in total. The number of aryl methyl sites for hydroxylation is 1. The van der Waals surface area contributed by atoms with Crippen molar-refractivity contribution in [2.24, 2.45) is 0 Å². The second-order valence-electron chi connectivity index (χ2n) is 5.62. The normalized spacial score (nSPS) is 27.0. The molecule has 5 N–H and O–H groups in total. The first-order valence-electron chi connectivity index (χ1n) is 7.61. The molecule has 0 aliphatic carbocycles. The molecule has 1 aliphatic heterocycles. The summed E-state index contributed by atoms with van der Waals surface area (Å²) in [5.41, 5.74) is 6.69. The maximum Gasteiger partial charge on any atom is 0.167 e. The second-order valence-corrected chi connectivity index (χ2v) is 5.95. The van der Waals surface area contributed by atoms with Crippen LogP contribution in [0.15, 0.2) is 6.33 Å². The van der Waals surface area contributed by atoms with Gasteiger partial charge in [-0.15, -0.1) is 0 Å². The number of nitrogens with zero attached hydrogens (tertiary/aromatic N) is 4. The van der Waals surface area contributed by atoms with E-state index in [-0.39, 0.29) is 5.82 Å². The lowest BCUT2D eigenvalue weighted by Crippen LogP contribution is -2.33. The van der Waals surface area contributed by atoms with Crippen molar-refractivity contribution in [1.29, 1.82) is 0 Å². The second kappa shape index (κ2) is 7.03. The predicted molar refractivity (Wildman–Crippen MR) is 89.3 cm³/mol. The Morgan fingerprint density at radius 1 is 1.33 bits per heavy atom. The van der Waals surface area contributed by atoms with Crippen molar-refractivity contribution in [2.75, 3.05) is 12.3 Å². The van der Waals surface area contributed by atoms with Crippen molar-refractivity contribution in [1.82, 2.24) is 19.5 Å². The molecule has 0 spiro atoms. The van der Waals surface area contributed by atoms with Crippen LogP contribution in [0.1, 0.15) is 24.9 Å². The number of nitrogen functional groups attached to an aromatic ring is 1. The van der Waals surface area contributed by atoms with E-state index in [0.29, 0.717) is 23.4 Å². The number of hydrogen-bond acceptors (Lipinski definition) is 9. The predicted octanol–water partition coefficient (Wildman–Crippen LogP) is -0.658. The van der Waals surface area contributed by atoms with Crippen LogP contribution in [0.25, 0.3) is 11.2 Å². The number of nitrogens with two attached hydrogens (primary N) is 1. The molecule has 0 saturated carbocycles. The van der Waals surface area contributed by atoms with Crippen LogP contribution in [-0.2, 0) is 11.2 Å². The molecule has 0 bridgehead atoms. The highest BCUT2D eigenvalue weighted by molar-refractivity contribution is 7.78. The highest BCUT2D eigenvalue weighted by Gasteiger charge is 2.44. The zero-order chi connectivity index (χ0) is 17.3. The first-order chi connectivity index (χ1) is 11.6. The fourth-order valence-electron chi connectivity index (χ4n) is 2.85. The number of fused-ring (bicyclic) bond motifs is 1. The molecule has 1 aliphatic rings. The molecule has 4 atom stereocenters. The van der Waals surface area contributed by atoms with Crippen LogP contribution in [0.3, 0.4) is 0 Å². The Morgan fingerprint density at radius 3 is 2.79 bits per heavy atom. The number of imidazole rings is 1. The van der Waals surface area contributed by atoms with Gasteiger partial charge in [-0.1, -0.05) is 12.2 Å². The highest BCUT2D eigenvalue weighted by atomic mass is 32.1. The van der Waals surface area contributed by atoms with E-state index in [0.717, 1.165) is 12.8 Å². The third kappa shape index (κ3) is 2.87. The van der Waals surface area contributed by atoms with Gasteiger partial charge in [0, 0.05) is 6.42 Å². The first kappa shape index (κ1) is 17.1. The van der Waals surface area contributed by atoms with Gasteiger partial charge in [-0.05, 0) is 18.2 Å². The van der Waals surface area contributed by atoms with Gasteiger partial charge < -0.3 is 25.8 Å². The number of aliphatic hydroxyl groups is 3. The Balaban J connectivity index is 2.05. The molecule has 0 amide bonds. The van der Waals surface area contributed by atoms with Gasteiger partial charge in [-0.2, -0.15) is 0 Å². The third-order valence-electron chi connectivity index (χ3n) is 4.07. The fourth-order valence-corrected chi connectivity index (χ4v) is 3.02. The van der Waals surface area contributed by atoms with Crippen LogP contribution in [0.4, 0.5) is 5.82 Å². The van der Waals surface area contributed by atoms with Gasteiger partial charge in [0.15, 0.2) is 23.2 Å². The van der Waals surface area contributed by atoms with Gasteiger partial charge in [-0.3, -0.25) is 4.57 Å². The number of aliphatic hydroxyl groups excluding tert-OH is 3.